The molecule has 168 valence electrons. The molecule has 0 aliphatic carbocycles. The number of nitrogens with zero attached hydrogens (tertiary/aromatic N) is 3. The second-order valence-electron chi connectivity index (χ2n) is 6.56. The number of nitriles is 3. The molecule has 0 aliphatic heterocycles. The van der Waals surface area contributed by atoms with E-state index in [1.165, 1.54) is 12.1 Å². The molecule has 3 nitrogen and oxygen atoms in total. The molecular formula is C22H9F8N3. The van der Waals surface area contributed by atoms with E-state index in [4.69, 9.17) is 10.5 Å². The normalized spacial score (nSPS) is 12.7. The summed E-state index contributed by atoms with van der Waals surface area (Å²) in [4.78, 5) is 0. The number of hydrogen-bond acceptors (Lipinski definition) is 3. The first-order valence-corrected chi connectivity index (χ1v) is 8.70. The fourth-order valence-electron chi connectivity index (χ4n) is 3.11. The van der Waals surface area contributed by atoms with Gasteiger partial charge in [-0.25, -0.2) is 35.1 Å². The van der Waals surface area contributed by atoms with Crippen molar-refractivity contribution < 1.29 is 35.1 Å². The smallest absolute Gasteiger partial charge is 0.169 e. The van der Waals surface area contributed by atoms with Crippen LogP contribution in [-0.4, -0.2) is 0 Å². The number of hydrogen-bond donors (Lipinski definition) is 0. The Morgan fingerprint density at radius 1 is 0.576 bits per heavy atom. The summed E-state index contributed by atoms with van der Waals surface area (Å²) in [6.07, 6.45) is 1.11. The van der Waals surface area contributed by atoms with Crippen molar-refractivity contribution in [3.8, 4) is 18.2 Å². The summed E-state index contributed by atoms with van der Waals surface area (Å²) in [6, 6.07) is 3.76. The number of allylic oxidation sites excluding steroid dienone is 4. The summed E-state index contributed by atoms with van der Waals surface area (Å²) in [6.45, 7) is 1.87. The lowest BCUT2D eigenvalue weighted by molar-refractivity contribution is 0.418. The van der Waals surface area contributed by atoms with Gasteiger partial charge in [0.25, 0.3) is 0 Å². The molecule has 0 spiro atoms. The van der Waals surface area contributed by atoms with Crippen molar-refractivity contribution >= 4 is 11.1 Å². The summed E-state index contributed by atoms with van der Waals surface area (Å²) in [7, 11) is 0. The average Bonchev–Trinajstić information content (AvgIpc) is 2.76. The van der Waals surface area contributed by atoms with Crippen molar-refractivity contribution in [2.45, 2.75) is 19.8 Å². The van der Waals surface area contributed by atoms with Gasteiger partial charge in [-0.05, 0) is 25.0 Å². The van der Waals surface area contributed by atoms with Crippen LogP contribution in [0.4, 0.5) is 35.1 Å². The molecule has 0 aliphatic rings. The zero-order valence-electron chi connectivity index (χ0n) is 16.6. The first kappa shape index (κ1) is 25.1. The Morgan fingerprint density at radius 2 is 0.848 bits per heavy atom. The van der Waals surface area contributed by atoms with Gasteiger partial charge in [0.15, 0.2) is 46.5 Å². The van der Waals surface area contributed by atoms with Crippen LogP contribution in [0.1, 0.15) is 42.0 Å². The Bertz CT molecular complexity index is 1200. The van der Waals surface area contributed by atoms with E-state index in [1.54, 1.807) is 0 Å². The molecule has 2 rings (SSSR count). The van der Waals surface area contributed by atoms with Crippen molar-refractivity contribution in [2.24, 2.45) is 0 Å². The Morgan fingerprint density at radius 3 is 1.06 bits per heavy atom. The van der Waals surface area contributed by atoms with Gasteiger partial charge in [-0.2, -0.15) is 15.8 Å². The van der Waals surface area contributed by atoms with Crippen LogP contribution in [-0.2, 0) is 0 Å². The van der Waals surface area contributed by atoms with E-state index >= 15 is 0 Å². The predicted octanol–water partition coefficient (Wildman–Crippen LogP) is 6.31. The largest absolute Gasteiger partial charge is 0.203 e. The molecule has 0 radical (unpaired) electrons. The average molecular weight is 467 g/mol. The van der Waals surface area contributed by atoms with Gasteiger partial charge in [-0.3, -0.25) is 0 Å². The van der Waals surface area contributed by atoms with Gasteiger partial charge in [0.05, 0.1) is 40.5 Å². The molecule has 0 saturated heterocycles. The Labute approximate surface area is 181 Å². The van der Waals surface area contributed by atoms with Crippen LogP contribution in [0.15, 0.2) is 12.2 Å². The monoisotopic (exact) mass is 467 g/mol. The van der Waals surface area contributed by atoms with Gasteiger partial charge in [0, 0.05) is 12.2 Å². The maximum atomic E-state index is 14.7. The molecule has 0 saturated carbocycles. The second kappa shape index (κ2) is 9.54. The lowest BCUT2D eigenvalue weighted by Crippen LogP contribution is -2.17. The molecule has 0 atom stereocenters. The molecule has 2 aromatic rings. The van der Waals surface area contributed by atoms with E-state index in [9.17, 15) is 40.4 Å². The van der Waals surface area contributed by atoms with Crippen molar-refractivity contribution in [3.63, 3.8) is 0 Å². The highest BCUT2D eigenvalue weighted by atomic mass is 19.2. The summed E-state index contributed by atoms with van der Waals surface area (Å²) >= 11 is 0. The molecular weight excluding hydrogens is 458 g/mol. The minimum atomic E-state index is -2.86. The second-order valence-corrected chi connectivity index (χ2v) is 6.56. The molecule has 0 aromatic heterocycles. The molecule has 0 amide bonds. The van der Waals surface area contributed by atoms with E-state index in [0.29, 0.717) is 12.2 Å². The first-order valence-electron chi connectivity index (χ1n) is 8.70. The minimum Gasteiger partial charge on any atom is -0.203 e. The molecule has 0 bridgehead atoms. The predicted molar refractivity (Wildman–Crippen MR) is 98.5 cm³/mol. The number of halogens is 8. The van der Waals surface area contributed by atoms with Crippen LogP contribution in [0.2, 0.25) is 0 Å². The van der Waals surface area contributed by atoms with Crippen LogP contribution >= 0.6 is 0 Å². The maximum Gasteiger partial charge on any atom is 0.169 e. The van der Waals surface area contributed by atoms with E-state index in [-0.39, 0.29) is 0 Å². The molecule has 0 unspecified atom stereocenters. The molecule has 33 heavy (non-hydrogen) atoms. The van der Waals surface area contributed by atoms with Crippen molar-refractivity contribution in [1.29, 1.82) is 15.8 Å². The highest BCUT2D eigenvalue weighted by Crippen LogP contribution is 2.39. The van der Waals surface area contributed by atoms with E-state index in [0.717, 1.165) is 19.9 Å². The van der Waals surface area contributed by atoms with Crippen LogP contribution in [0.3, 0.4) is 0 Å². The fourth-order valence-corrected chi connectivity index (χ4v) is 3.11. The van der Waals surface area contributed by atoms with E-state index in [1.807, 2.05) is 0 Å². The zero-order valence-corrected chi connectivity index (χ0v) is 16.6. The van der Waals surface area contributed by atoms with Gasteiger partial charge in [0.1, 0.15) is 5.92 Å². The van der Waals surface area contributed by atoms with Gasteiger partial charge < -0.3 is 0 Å². The van der Waals surface area contributed by atoms with Gasteiger partial charge in [0.2, 0.25) is 0 Å². The summed E-state index contributed by atoms with van der Waals surface area (Å²) in [5.41, 5.74) is -7.42. The van der Waals surface area contributed by atoms with E-state index in [2.05, 4.69) is 0 Å². The lowest BCUT2D eigenvalue weighted by Gasteiger charge is -2.19. The topological polar surface area (TPSA) is 71.4 Å². The van der Waals surface area contributed by atoms with Crippen molar-refractivity contribution in [2.75, 3.05) is 0 Å². The zero-order chi connectivity index (χ0) is 25.2. The van der Waals surface area contributed by atoms with Crippen LogP contribution in [0, 0.1) is 80.5 Å². The summed E-state index contributed by atoms with van der Waals surface area (Å²) < 4.78 is 117. The summed E-state index contributed by atoms with van der Waals surface area (Å²) in [5.74, 6) is -20.3. The summed E-state index contributed by atoms with van der Waals surface area (Å²) in [5, 5.41) is 26.5. The number of benzene rings is 2. The third-order valence-corrected chi connectivity index (χ3v) is 4.65. The van der Waals surface area contributed by atoms with Gasteiger partial charge in [-0.1, -0.05) is 0 Å². The minimum absolute atomic E-state index is 0.552. The van der Waals surface area contributed by atoms with Crippen LogP contribution in [0.5, 0.6) is 0 Å². The Hall–Kier alpha value is -4.17. The highest BCUT2D eigenvalue weighted by Gasteiger charge is 2.37. The number of rotatable bonds is 4. The fraction of sp³-hybridized carbons (Fsp3) is 0.136. The Kier molecular flexibility index (Phi) is 7.25. The standard InChI is InChI=1S/C22H9F8N3/c1-8(3-5-31)11-15(23)19(27)13(20(28)16(11)24)10(7-33)14-21(29)17(25)12(9(2)4-6-32)18(26)22(14)30/h3-4,10H,1-2H3. The van der Waals surface area contributed by atoms with Gasteiger partial charge >= 0.3 is 0 Å². The molecule has 0 fully saturated rings. The third kappa shape index (κ3) is 4.04. The van der Waals surface area contributed by atoms with Crippen LogP contribution in [0.25, 0.3) is 11.1 Å². The molecule has 11 heteroatoms. The first-order chi connectivity index (χ1) is 15.5. The third-order valence-electron chi connectivity index (χ3n) is 4.65. The molecule has 0 N–H and O–H groups in total. The van der Waals surface area contributed by atoms with Gasteiger partial charge in [-0.15, -0.1) is 0 Å². The lowest BCUT2D eigenvalue weighted by atomic mass is 9.87. The van der Waals surface area contributed by atoms with Crippen LogP contribution < -0.4 is 0 Å². The molecule has 0 heterocycles. The Balaban J connectivity index is 2.96. The van der Waals surface area contributed by atoms with Crippen molar-refractivity contribution in [3.05, 3.63) is 80.9 Å². The molecule has 2 aromatic carbocycles. The van der Waals surface area contributed by atoms with E-state index < -0.39 is 85.9 Å². The SMILES string of the molecule is CC(=CC#N)c1c(F)c(F)c(C(C#N)c2c(F)c(F)c(C(C)=CC#N)c(F)c2F)c(F)c1F. The quantitative estimate of drug-likeness (QED) is 0.301. The van der Waals surface area contributed by atoms with Crippen molar-refractivity contribution in [1.82, 2.24) is 0 Å². The maximum absolute atomic E-state index is 14.7. The highest BCUT2D eigenvalue weighted by molar-refractivity contribution is 5.69.